The van der Waals surface area contributed by atoms with E-state index in [1.165, 1.54) is 29.8 Å². The Kier molecular flexibility index (Phi) is 6.81. The van der Waals surface area contributed by atoms with Gasteiger partial charge in [0.1, 0.15) is 4.88 Å². The maximum Gasteiger partial charge on any atom is 0.325 e. The first kappa shape index (κ1) is 20.1. The number of amides is 3. The number of urea groups is 1. The van der Waals surface area contributed by atoms with E-state index in [9.17, 15) is 9.59 Å². The molecule has 28 heavy (non-hydrogen) atoms. The van der Waals surface area contributed by atoms with E-state index in [2.05, 4.69) is 27.0 Å². The molecule has 1 aromatic heterocycles. The molecule has 7 heteroatoms. The quantitative estimate of drug-likeness (QED) is 0.597. The zero-order chi connectivity index (χ0) is 19.9. The second kappa shape index (κ2) is 9.50. The van der Waals surface area contributed by atoms with Gasteiger partial charge in [0.05, 0.1) is 5.69 Å². The highest BCUT2D eigenvalue weighted by molar-refractivity contribution is 7.17. The molecule has 0 saturated carbocycles. The summed E-state index contributed by atoms with van der Waals surface area (Å²) in [6.45, 7) is 4.39. The van der Waals surface area contributed by atoms with E-state index >= 15 is 0 Å². The Morgan fingerprint density at radius 2 is 1.89 bits per heavy atom. The van der Waals surface area contributed by atoms with Crippen molar-refractivity contribution in [2.75, 3.05) is 17.2 Å². The predicted octanol–water partition coefficient (Wildman–Crippen LogP) is 5.02. The Hall–Kier alpha value is -2.67. The van der Waals surface area contributed by atoms with Crippen LogP contribution < -0.4 is 16.0 Å². The van der Waals surface area contributed by atoms with Crippen molar-refractivity contribution in [3.05, 3.63) is 52.0 Å². The van der Waals surface area contributed by atoms with Crippen LogP contribution in [-0.4, -0.2) is 23.5 Å². The normalized spacial score (nSPS) is 13.6. The van der Waals surface area contributed by atoms with Gasteiger partial charge in [0.15, 0.2) is 5.13 Å². The van der Waals surface area contributed by atoms with Crippen molar-refractivity contribution in [3.63, 3.8) is 0 Å². The molecule has 0 unspecified atom stereocenters. The summed E-state index contributed by atoms with van der Waals surface area (Å²) in [6, 6.07) is 7.14. The minimum Gasteiger partial charge on any atom is -0.351 e. The van der Waals surface area contributed by atoms with Crippen LogP contribution in [0, 0.1) is 13.8 Å². The molecule has 3 rings (SSSR count). The minimum atomic E-state index is -0.381. The number of hydrogen-bond donors (Lipinski definition) is 3. The van der Waals surface area contributed by atoms with E-state index in [1.807, 2.05) is 31.2 Å². The Labute approximate surface area is 169 Å². The van der Waals surface area contributed by atoms with Crippen LogP contribution in [-0.2, 0) is 0 Å². The van der Waals surface area contributed by atoms with Gasteiger partial charge in [0.25, 0.3) is 5.91 Å². The number of rotatable bonds is 6. The summed E-state index contributed by atoms with van der Waals surface area (Å²) >= 11 is 1.19. The molecule has 1 aliphatic carbocycles. The van der Waals surface area contributed by atoms with Gasteiger partial charge in [-0.25, -0.2) is 9.78 Å². The maximum atomic E-state index is 12.4. The number of thiazole rings is 1. The summed E-state index contributed by atoms with van der Waals surface area (Å²) in [6.07, 6.45) is 7.99. The third-order valence-corrected chi connectivity index (χ3v) is 5.72. The molecule has 0 atom stereocenters. The number of carbonyl (C=O) groups excluding carboxylic acids is 2. The smallest absolute Gasteiger partial charge is 0.325 e. The first-order chi connectivity index (χ1) is 13.5. The summed E-state index contributed by atoms with van der Waals surface area (Å²) in [5.41, 5.74) is 3.87. The fourth-order valence-corrected chi connectivity index (χ4v) is 3.98. The number of carbonyl (C=O) groups is 2. The molecule has 2 aromatic rings. The summed E-state index contributed by atoms with van der Waals surface area (Å²) in [5, 5.41) is 8.82. The average Bonchev–Trinajstić information content (AvgIpc) is 3.04. The predicted molar refractivity (Wildman–Crippen MR) is 114 cm³/mol. The lowest BCUT2D eigenvalue weighted by atomic mass is 9.97. The molecule has 3 N–H and O–H groups in total. The van der Waals surface area contributed by atoms with Gasteiger partial charge in [0, 0.05) is 12.2 Å². The largest absolute Gasteiger partial charge is 0.351 e. The highest BCUT2D eigenvalue weighted by Gasteiger charge is 2.16. The van der Waals surface area contributed by atoms with Crippen molar-refractivity contribution < 1.29 is 9.59 Å². The molecule has 0 aliphatic heterocycles. The van der Waals surface area contributed by atoms with Crippen molar-refractivity contribution in [2.24, 2.45) is 0 Å². The van der Waals surface area contributed by atoms with Crippen LogP contribution in [0.2, 0.25) is 0 Å². The lowest BCUT2D eigenvalue weighted by Gasteiger charge is -2.12. The highest BCUT2D eigenvalue weighted by Crippen LogP contribution is 2.23. The van der Waals surface area contributed by atoms with Gasteiger partial charge in [0.2, 0.25) is 0 Å². The van der Waals surface area contributed by atoms with E-state index in [0.29, 0.717) is 27.9 Å². The Bertz CT molecular complexity index is 871. The fraction of sp³-hybridized carbons (Fsp3) is 0.381. The lowest BCUT2D eigenvalue weighted by Crippen LogP contribution is -2.24. The number of nitrogens with zero attached hydrogens (tertiary/aromatic N) is 1. The number of aryl methyl sites for hydroxylation is 2. The van der Waals surface area contributed by atoms with Gasteiger partial charge in [-0.1, -0.05) is 40.7 Å². The number of hydrogen-bond acceptors (Lipinski definition) is 4. The van der Waals surface area contributed by atoms with Crippen LogP contribution in [0.15, 0.2) is 35.9 Å². The molecule has 1 aliphatic rings. The molecule has 1 heterocycles. The van der Waals surface area contributed by atoms with Gasteiger partial charge in [-0.2, -0.15) is 0 Å². The van der Waals surface area contributed by atoms with Crippen LogP contribution >= 0.6 is 11.3 Å². The fourth-order valence-electron chi connectivity index (χ4n) is 3.11. The molecular formula is C21H26N4O2S. The number of nitrogens with one attached hydrogen (secondary N) is 3. The first-order valence-electron chi connectivity index (χ1n) is 9.59. The summed E-state index contributed by atoms with van der Waals surface area (Å²) in [7, 11) is 0. The first-order valence-corrected chi connectivity index (χ1v) is 10.4. The van der Waals surface area contributed by atoms with Crippen LogP contribution in [0.1, 0.15) is 53.0 Å². The van der Waals surface area contributed by atoms with E-state index in [-0.39, 0.29) is 11.9 Å². The van der Waals surface area contributed by atoms with E-state index in [0.717, 1.165) is 24.8 Å². The Morgan fingerprint density at radius 1 is 1.11 bits per heavy atom. The zero-order valence-corrected chi connectivity index (χ0v) is 17.1. The van der Waals surface area contributed by atoms with Gasteiger partial charge >= 0.3 is 6.03 Å². The van der Waals surface area contributed by atoms with Crippen molar-refractivity contribution in [1.82, 2.24) is 10.3 Å². The monoisotopic (exact) mass is 398 g/mol. The highest BCUT2D eigenvalue weighted by atomic mass is 32.1. The third kappa shape index (κ3) is 5.66. The second-order valence-corrected chi connectivity index (χ2v) is 7.99. The van der Waals surface area contributed by atoms with Crippen LogP contribution in [0.25, 0.3) is 0 Å². The molecule has 0 bridgehead atoms. The topological polar surface area (TPSA) is 83.1 Å². The molecule has 148 valence electrons. The van der Waals surface area contributed by atoms with E-state index in [1.54, 1.807) is 6.92 Å². The molecule has 3 amide bonds. The minimum absolute atomic E-state index is 0.140. The Morgan fingerprint density at radius 3 is 2.61 bits per heavy atom. The van der Waals surface area contributed by atoms with Gasteiger partial charge < -0.3 is 10.6 Å². The molecule has 0 fully saturated rings. The van der Waals surface area contributed by atoms with E-state index < -0.39 is 0 Å². The third-order valence-electron chi connectivity index (χ3n) is 4.65. The molecule has 0 saturated heterocycles. The van der Waals surface area contributed by atoms with Gasteiger partial charge in [-0.3, -0.25) is 10.1 Å². The molecule has 1 aromatic carbocycles. The van der Waals surface area contributed by atoms with Crippen molar-refractivity contribution >= 4 is 34.1 Å². The summed E-state index contributed by atoms with van der Waals surface area (Å²) in [4.78, 5) is 29.4. The van der Waals surface area contributed by atoms with Crippen LogP contribution in [0.5, 0.6) is 0 Å². The van der Waals surface area contributed by atoms with Gasteiger partial charge in [-0.05, 0) is 58.1 Å². The summed E-state index contributed by atoms with van der Waals surface area (Å²) < 4.78 is 0. The molecule has 0 radical (unpaired) electrons. The van der Waals surface area contributed by atoms with Crippen molar-refractivity contribution in [3.8, 4) is 0 Å². The molecule has 6 nitrogen and oxygen atoms in total. The molecular weight excluding hydrogens is 372 g/mol. The second-order valence-electron chi connectivity index (χ2n) is 6.99. The van der Waals surface area contributed by atoms with E-state index in [4.69, 9.17) is 0 Å². The number of anilines is 2. The van der Waals surface area contributed by atoms with Gasteiger partial charge in [-0.15, -0.1) is 0 Å². The zero-order valence-electron chi connectivity index (χ0n) is 16.3. The van der Waals surface area contributed by atoms with Crippen LogP contribution in [0.4, 0.5) is 15.6 Å². The Balaban J connectivity index is 1.51. The van der Waals surface area contributed by atoms with Crippen molar-refractivity contribution in [1.29, 1.82) is 0 Å². The number of allylic oxidation sites excluding steroid dienone is 1. The average molecular weight is 399 g/mol. The van der Waals surface area contributed by atoms with Crippen molar-refractivity contribution in [2.45, 2.75) is 46.0 Å². The summed E-state index contributed by atoms with van der Waals surface area (Å²) in [5.74, 6) is -0.140. The maximum absolute atomic E-state index is 12.4. The van der Waals surface area contributed by atoms with Crippen LogP contribution in [0.3, 0.4) is 0 Å². The number of benzene rings is 1. The lowest BCUT2D eigenvalue weighted by molar-refractivity contribution is 0.0957. The standard InChI is InChI=1S/C21H26N4O2S/c1-14-8-10-17(11-9-14)24-20(27)25-21-23-15(2)18(28-21)19(26)22-13-12-16-6-4-3-5-7-16/h6,8-11H,3-5,7,12-13H2,1-2H3,(H,22,26)(H2,23,24,25,27). The molecule has 0 spiro atoms. The number of aromatic nitrogens is 1. The SMILES string of the molecule is Cc1ccc(NC(=O)Nc2nc(C)c(C(=O)NCCC3=CCCCC3)s2)cc1.